The average Bonchev–Trinajstić information content (AvgIpc) is 3.13. The van der Waals surface area contributed by atoms with Gasteiger partial charge in [-0.3, -0.25) is 9.78 Å². The minimum absolute atomic E-state index is 0. The third-order valence-corrected chi connectivity index (χ3v) is 13.5. The van der Waals surface area contributed by atoms with Crippen molar-refractivity contribution in [3.05, 3.63) is 89.3 Å². The molecule has 0 unspecified atom stereocenters. The Kier molecular flexibility index (Phi) is 14.7. The zero-order chi connectivity index (χ0) is 42.3. The molecule has 0 aliphatic carbocycles. The van der Waals surface area contributed by atoms with E-state index in [1.54, 1.807) is 0 Å². The molecule has 1 aliphatic rings. The van der Waals surface area contributed by atoms with Gasteiger partial charge in [0.25, 0.3) is 0 Å². The van der Waals surface area contributed by atoms with E-state index in [9.17, 15) is 9.90 Å². The minimum Gasteiger partial charge on any atom is -0.512 e. The van der Waals surface area contributed by atoms with Crippen LogP contribution in [0, 0.1) is 33.1 Å². The Labute approximate surface area is 369 Å². The predicted molar refractivity (Wildman–Crippen MR) is 248 cm³/mol. The Morgan fingerprint density at radius 2 is 1.24 bits per heavy atom. The van der Waals surface area contributed by atoms with Crippen LogP contribution in [-0.4, -0.2) is 15.9 Å². The summed E-state index contributed by atoms with van der Waals surface area (Å²) < 4.78 is 0. The van der Waals surface area contributed by atoms with Crippen molar-refractivity contribution in [3.63, 3.8) is 0 Å². The maximum absolute atomic E-state index is 12.2. The van der Waals surface area contributed by atoms with E-state index >= 15 is 0 Å². The Morgan fingerprint density at radius 3 is 1.79 bits per heavy atom. The van der Waals surface area contributed by atoms with Crippen molar-refractivity contribution in [2.24, 2.45) is 27.1 Å². The van der Waals surface area contributed by atoms with Crippen LogP contribution in [0.3, 0.4) is 0 Å². The van der Waals surface area contributed by atoms with Gasteiger partial charge in [-0.25, -0.2) is 0 Å². The number of nitrogens with zero attached hydrogens (tertiary/aromatic N) is 1. The molecule has 0 saturated carbocycles. The van der Waals surface area contributed by atoms with Crippen molar-refractivity contribution < 1.29 is 30.0 Å². The van der Waals surface area contributed by atoms with Crippen LogP contribution in [0.4, 0.5) is 0 Å². The van der Waals surface area contributed by atoms with Crippen molar-refractivity contribution in [1.29, 1.82) is 0 Å². The van der Waals surface area contributed by atoms with Crippen LogP contribution < -0.4 is 0 Å². The van der Waals surface area contributed by atoms with Crippen molar-refractivity contribution in [2.45, 2.75) is 159 Å². The normalized spacial score (nSPS) is 13.6. The van der Waals surface area contributed by atoms with Crippen LogP contribution in [-0.2, 0) is 44.2 Å². The molecule has 0 spiro atoms. The summed E-state index contributed by atoms with van der Waals surface area (Å²) in [6.45, 7) is 33.0. The molecule has 4 aromatic carbocycles. The van der Waals surface area contributed by atoms with Crippen LogP contribution in [0.25, 0.3) is 43.6 Å². The van der Waals surface area contributed by atoms with Crippen molar-refractivity contribution >= 4 is 49.9 Å². The fourth-order valence-electron chi connectivity index (χ4n) is 8.03. The third kappa shape index (κ3) is 10.7. The maximum Gasteiger partial charge on any atom is 0.164 e. The van der Waals surface area contributed by atoms with Gasteiger partial charge in [0.05, 0.1) is 0 Å². The van der Waals surface area contributed by atoms with Gasteiger partial charge in [-0.2, -0.15) is 0 Å². The molecule has 1 aliphatic heterocycles. The molecule has 0 fully saturated rings. The summed E-state index contributed by atoms with van der Waals surface area (Å²) in [5.41, 5.74) is 6.53. The summed E-state index contributed by atoms with van der Waals surface area (Å²) in [6, 6.07) is 22.6. The number of aromatic nitrogens is 1. The van der Waals surface area contributed by atoms with E-state index in [1.807, 2.05) is 59.5 Å². The van der Waals surface area contributed by atoms with Crippen LogP contribution in [0.5, 0.6) is 0 Å². The third-order valence-electron chi connectivity index (χ3n) is 12.3. The van der Waals surface area contributed by atoms with Gasteiger partial charge in [-0.15, -0.1) is 29.3 Å². The van der Waals surface area contributed by atoms with Gasteiger partial charge >= 0.3 is 0 Å². The Balaban J connectivity index is 0.000000353. The molecule has 0 amide bonds. The van der Waals surface area contributed by atoms with Crippen molar-refractivity contribution in [3.8, 4) is 11.3 Å². The molecular formula is C53H70IrNO2S-. The quantitative estimate of drug-likeness (QED) is 0.0643. The molecule has 0 saturated heterocycles. The molecule has 6 rings (SSSR count). The molecule has 0 bridgehead atoms. The molecule has 1 radical (unpaired) electrons. The first kappa shape index (κ1) is 47.7. The molecular weight excluding hydrogens is 907 g/mol. The second-order valence-electron chi connectivity index (χ2n) is 20.9. The van der Waals surface area contributed by atoms with E-state index in [1.165, 1.54) is 70.4 Å². The Morgan fingerprint density at radius 1 is 0.690 bits per heavy atom. The monoisotopic (exact) mass is 977 g/mol. The fraction of sp³-hybridized carbons (Fsp3) is 0.509. The number of ketones is 1. The number of allylic oxidation sites excluding steroid dienone is 2. The van der Waals surface area contributed by atoms with Gasteiger partial charge in [-0.1, -0.05) is 156 Å². The van der Waals surface area contributed by atoms with E-state index in [-0.39, 0.29) is 58.7 Å². The van der Waals surface area contributed by atoms with Gasteiger partial charge in [0, 0.05) is 53.8 Å². The van der Waals surface area contributed by atoms with Gasteiger partial charge in [-0.05, 0) is 105 Å². The first-order chi connectivity index (χ1) is 26.4. The van der Waals surface area contributed by atoms with Gasteiger partial charge in [0.1, 0.15) is 5.76 Å². The summed E-state index contributed by atoms with van der Waals surface area (Å²) in [5, 5.41) is 17.9. The number of rotatable bonds is 10. The van der Waals surface area contributed by atoms with E-state index in [4.69, 9.17) is 4.98 Å². The predicted octanol–water partition coefficient (Wildman–Crippen LogP) is 15.9. The zero-order valence-corrected chi connectivity index (χ0v) is 41.5. The molecule has 3 nitrogen and oxygen atoms in total. The molecule has 0 atom stereocenters. The number of pyridine rings is 1. The molecule has 5 aromatic rings. The zero-order valence-electron chi connectivity index (χ0n) is 38.3. The number of benzene rings is 4. The van der Waals surface area contributed by atoms with Gasteiger partial charge in [0.15, 0.2) is 5.78 Å². The maximum atomic E-state index is 12.2. The van der Waals surface area contributed by atoms with Crippen LogP contribution in [0.15, 0.2) is 76.4 Å². The molecule has 58 heavy (non-hydrogen) atoms. The number of fused-ring (bicyclic) bond motifs is 5. The molecule has 5 heteroatoms. The van der Waals surface area contributed by atoms with Crippen molar-refractivity contribution in [2.75, 3.05) is 0 Å². The summed E-state index contributed by atoms with van der Waals surface area (Å²) >= 11 is 1.93. The Hall–Kier alpha value is -2.98. The largest absolute Gasteiger partial charge is 0.512 e. The number of carbonyl (C=O) groups excluding carboxylic acids is 1. The summed E-state index contributed by atoms with van der Waals surface area (Å²) in [6.07, 6.45) is 9.89. The van der Waals surface area contributed by atoms with Gasteiger partial charge < -0.3 is 5.11 Å². The average molecular weight is 977 g/mol. The van der Waals surface area contributed by atoms with E-state index in [0.717, 1.165) is 50.6 Å². The number of hydrogen-bond donors (Lipinski definition) is 1. The number of hydrogen-bond acceptors (Lipinski definition) is 4. The SMILES string of the molecule is CC(C)(C)Cc1ccc2c(CC(C)(C)C)c3c([c-]c2c1)-c1nccc2c1c(cc1ccc(CC(C)(C)C)cc12)S3.CCC(C)(CC)C(=O)/C=C(\O)C(C)(CC)CC.[Ir]. The van der Waals surface area contributed by atoms with Crippen LogP contribution in [0.2, 0.25) is 0 Å². The van der Waals surface area contributed by atoms with Crippen LogP contribution in [0.1, 0.15) is 146 Å². The second kappa shape index (κ2) is 17.9. The van der Waals surface area contributed by atoms with Crippen molar-refractivity contribution in [1.82, 2.24) is 4.98 Å². The summed E-state index contributed by atoms with van der Waals surface area (Å²) in [5.74, 6) is 0.286. The summed E-state index contributed by atoms with van der Waals surface area (Å²) in [4.78, 5) is 19.9. The minimum atomic E-state index is -0.337. The smallest absolute Gasteiger partial charge is 0.164 e. The van der Waals surface area contributed by atoms with Gasteiger partial charge in [0.2, 0.25) is 0 Å². The first-order valence-electron chi connectivity index (χ1n) is 21.4. The second-order valence-corrected chi connectivity index (χ2v) is 22.0. The first-order valence-corrected chi connectivity index (χ1v) is 22.3. The van der Waals surface area contributed by atoms with E-state index < -0.39 is 0 Å². The number of aliphatic hydroxyl groups is 1. The number of carbonyl (C=O) groups is 1. The van der Waals surface area contributed by atoms with E-state index in [2.05, 4.69) is 117 Å². The standard InChI is InChI=1S/C38H42NS.C15H28O2.Ir/c1-36(2,3)20-23-11-13-27-26(16-23)18-30-34-33-28(14-15-39-34)29-17-24(21-37(4,5)6)10-12-25(29)19-32(33)40-35(30)31(27)22-38(7,8)9;1-7-14(5,8-2)12(16)11-13(17)15(6,9-3)10-4;/h10-17,19H,20-22H2,1-9H3;11,16H,7-10H2,1-6H3;/q-1;;/b;12-11-;. The molecule has 2 heterocycles. The molecule has 315 valence electrons. The summed E-state index contributed by atoms with van der Waals surface area (Å²) in [7, 11) is 0. The Bertz CT molecular complexity index is 2310. The van der Waals surface area contributed by atoms with Crippen LogP contribution >= 0.6 is 11.8 Å². The number of aliphatic hydroxyl groups excluding tert-OH is 1. The fourth-order valence-corrected chi connectivity index (χ4v) is 9.30. The van der Waals surface area contributed by atoms with E-state index in [0.29, 0.717) is 0 Å². The molecule has 1 aromatic heterocycles. The molecule has 1 N–H and O–H groups in total. The topological polar surface area (TPSA) is 50.2 Å².